The van der Waals surface area contributed by atoms with Gasteiger partial charge in [0.25, 0.3) is 0 Å². The van der Waals surface area contributed by atoms with E-state index in [1.54, 1.807) is 0 Å². The van der Waals surface area contributed by atoms with Gasteiger partial charge in [0, 0.05) is 31.5 Å². The number of aromatic nitrogens is 2. The van der Waals surface area contributed by atoms with Gasteiger partial charge in [-0.05, 0) is 19.9 Å². The highest BCUT2D eigenvalue weighted by molar-refractivity contribution is 5.31. The fourth-order valence-corrected chi connectivity index (χ4v) is 2.00. The number of anilines is 1. The van der Waals surface area contributed by atoms with Gasteiger partial charge in [0.05, 0.1) is 5.56 Å². The van der Waals surface area contributed by atoms with E-state index in [0.29, 0.717) is 12.0 Å². The average Bonchev–Trinajstić information content (AvgIpc) is 2.38. The molecule has 7 heteroatoms. The van der Waals surface area contributed by atoms with E-state index in [4.69, 9.17) is 0 Å². The first-order chi connectivity index (χ1) is 8.50. The number of nitrogens with zero attached hydrogens (tertiary/aromatic N) is 3. The molecule has 1 saturated heterocycles. The van der Waals surface area contributed by atoms with E-state index in [1.165, 1.54) is 0 Å². The zero-order chi connectivity index (χ0) is 13.2. The molecule has 2 heterocycles. The van der Waals surface area contributed by atoms with E-state index in [0.717, 1.165) is 38.3 Å². The summed E-state index contributed by atoms with van der Waals surface area (Å²) in [4.78, 5) is 9.50. The lowest BCUT2D eigenvalue weighted by atomic mass is 10.1. The molecular weight excluding hydrogens is 245 g/mol. The molecule has 0 saturated carbocycles. The van der Waals surface area contributed by atoms with Crippen molar-refractivity contribution in [1.29, 1.82) is 0 Å². The van der Waals surface area contributed by atoms with Crippen LogP contribution in [0.4, 0.5) is 19.1 Å². The molecule has 1 N–H and O–H groups in total. The summed E-state index contributed by atoms with van der Waals surface area (Å²) in [5.41, 5.74) is -0.809. The molecule has 0 amide bonds. The lowest BCUT2D eigenvalue weighted by Gasteiger charge is -2.31. The van der Waals surface area contributed by atoms with Gasteiger partial charge in [0.2, 0.25) is 5.95 Å². The van der Waals surface area contributed by atoms with Crippen LogP contribution in [0.15, 0.2) is 12.4 Å². The van der Waals surface area contributed by atoms with Crippen molar-refractivity contribution < 1.29 is 13.2 Å². The Labute approximate surface area is 103 Å². The van der Waals surface area contributed by atoms with Crippen LogP contribution in [0.5, 0.6) is 0 Å². The third kappa shape index (κ3) is 2.90. The number of rotatable bonds is 2. The van der Waals surface area contributed by atoms with Crippen molar-refractivity contribution in [3.63, 3.8) is 0 Å². The summed E-state index contributed by atoms with van der Waals surface area (Å²) in [6.45, 7) is 1.52. The maximum absolute atomic E-state index is 12.4. The Kier molecular flexibility index (Phi) is 3.70. The lowest BCUT2D eigenvalue weighted by molar-refractivity contribution is -0.138. The molecule has 0 spiro atoms. The Morgan fingerprint density at radius 1 is 1.22 bits per heavy atom. The molecule has 100 valence electrons. The zero-order valence-electron chi connectivity index (χ0n) is 10.0. The average molecular weight is 260 g/mol. The molecule has 1 aromatic rings. The van der Waals surface area contributed by atoms with Crippen LogP contribution in [0.25, 0.3) is 0 Å². The molecule has 0 radical (unpaired) electrons. The smallest absolute Gasteiger partial charge is 0.341 e. The quantitative estimate of drug-likeness (QED) is 0.878. The lowest BCUT2D eigenvalue weighted by Crippen LogP contribution is -2.41. The van der Waals surface area contributed by atoms with Crippen molar-refractivity contribution in [2.75, 3.05) is 25.0 Å². The Hall–Kier alpha value is -1.37. The molecule has 1 aliphatic rings. The second kappa shape index (κ2) is 5.09. The Balaban J connectivity index is 2.02. The first-order valence-corrected chi connectivity index (χ1v) is 5.82. The highest BCUT2D eigenvalue weighted by atomic mass is 19.4. The zero-order valence-corrected chi connectivity index (χ0v) is 10.0. The van der Waals surface area contributed by atoms with Crippen molar-refractivity contribution in [1.82, 2.24) is 15.3 Å². The van der Waals surface area contributed by atoms with Gasteiger partial charge in [-0.25, -0.2) is 9.97 Å². The molecular formula is C11H15F3N4. The topological polar surface area (TPSA) is 41.0 Å². The molecule has 0 unspecified atom stereocenters. The predicted octanol–water partition coefficient (Wildman–Crippen LogP) is 1.68. The van der Waals surface area contributed by atoms with Crippen LogP contribution in [0.1, 0.15) is 18.4 Å². The summed E-state index contributed by atoms with van der Waals surface area (Å²) >= 11 is 0. The van der Waals surface area contributed by atoms with Crippen LogP contribution in [0.2, 0.25) is 0 Å². The third-order valence-electron chi connectivity index (χ3n) is 3.15. The van der Waals surface area contributed by atoms with Crippen LogP contribution in [0, 0.1) is 0 Å². The molecule has 18 heavy (non-hydrogen) atoms. The molecule has 0 bridgehead atoms. The predicted molar refractivity (Wildman–Crippen MR) is 61.3 cm³/mol. The number of alkyl halides is 3. The van der Waals surface area contributed by atoms with Gasteiger partial charge in [0.1, 0.15) is 0 Å². The van der Waals surface area contributed by atoms with E-state index in [2.05, 4.69) is 15.3 Å². The largest absolute Gasteiger partial charge is 0.419 e. The summed E-state index contributed by atoms with van der Waals surface area (Å²) in [5.74, 6) is 0.373. The minimum atomic E-state index is -4.38. The normalized spacial score (nSPS) is 18.1. The summed E-state index contributed by atoms with van der Waals surface area (Å²) in [6, 6.07) is 0.468. The van der Waals surface area contributed by atoms with Gasteiger partial charge in [-0.2, -0.15) is 13.2 Å². The first kappa shape index (κ1) is 13.1. The second-order valence-corrected chi connectivity index (χ2v) is 4.32. The van der Waals surface area contributed by atoms with Gasteiger partial charge in [-0.15, -0.1) is 0 Å². The molecule has 0 aromatic carbocycles. The Bertz CT molecular complexity index is 382. The molecule has 2 rings (SSSR count). The fraction of sp³-hybridized carbons (Fsp3) is 0.636. The van der Waals surface area contributed by atoms with Crippen LogP contribution < -0.4 is 10.2 Å². The van der Waals surface area contributed by atoms with E-state index in [-0.39, 0.29) is 0 Å². The summed E-state index contributed by atoms with van der Waals surface area (Å²) in [6.07, 6.45) is -0.807. The van der Waals surface area contributed by atoms with Crippen molar-refractivity contribution >= 4 is 5.95 Å². The van der Waals surface area contributed by atoms with E-state index in [1.807, 2.05) is 11.9 Å². The Morgan fingerprint density at radius 3 is 2.22 bits per heavy atom. The monoisotopic (exact) mass is 260 g/mol. The summed E-state index contributed by atoms with van der Waals surface area (Å²) < 4.78 is 37.1. The van der Waals surface area contributed by atoms with Gasteiger partial charge in [-0.3, -0.25) is 0 Å². The second-order valence-electron chi connectivity index (χ2n) is 4.32. The van der Waals surface area contributed by atoms with Gasteiger partial charge in [0.15, 0.2) is 0 Å². The van der Waals surface area contributed by atoms with Gasteiger partial charge in [-0.1, -0.05) is 0 Å². The van der Waals surface area contributed by atoms with Gasteiger partial charge < -0.3 is 10.2 Å². The molecule has 0 aliphatic carbocycles. The standard InChI is InChI=1S/C11H15F3N4/c1-15-9-2-4-18(5-3-9)10-16-6-8(7-17-10)11(12,13)14/h6-7,9,15H,2-5H2,1H3. The summed E-state index contributed by atoms with van der Waals surface area (Å²) in [7, 11) is 1.91. The van der Waals surface area contributed by atoms with Crippen LogP contribution in [-0.2, 0) is 6.18 Å². The van der Waals surface area contributed by atoms with E-state index >= 15 is 0 Å². The number of piperidine rings is 1. The first-order valence-electron chi connectivity index (χ1n) is 5.82. The van der Waals surface area contributed by atoms with E-state index in [9.17, 15) is 13.2 Å². The highest BCUT2D eigenvalue weighted by Gasteiger charge is 2.31. The van der Waals surface area contributed by atoms with Crippen molar-refractivity contribution in [2.45, 2.75) is 25.1 Å². The minimum absolute atomic E-state index is 0.373. The molecule has 1 aliphatic heterocycles. The van der Waals surface area contributed by atoms with Crippen molar-refractivity contribution in [2.24, 2.45) is 0 Å². The fourth-order valence-electron chi connectivity index (χ4n) is 2.00. The van der Waals surface area contributed by atoms with Crippen LogP contribution >= 0.6 is 0 Å². The molecule has 1 fully saturated rings. The van der Waals surface area contributed by atoms with Crippen LogP contribution in [-0.4, -0.2) is 36.1 Å². The Morgan fingerprint density at radius 2 is 1.78 bits per heavy atom. The maximum atomic E-state index is 12.4. The maximum Gasteiger partial charge on any atom is 0.419 e. The minimum Gasteiger partial charge on any atom is -0.341 e. The third-order valence-corrected chi connectivity index (χ3v) is 3.15. The highest BCUT2D eigenvalue weighted by Crippen LogP contribution is 2.28. The molecule has 1 aromatic heterocycles. The number of halogens is 3. The summed E-state index contributed by atoms with van der Waals surface area (Å²) in [5, 5.41) is 3.19. The molecule has 0 atom stereocenters. The van der Waals surface area contributed by atoms with Crippen LogP contribution in [0.3, 0.4) is 0 Å². The van der Waals surface area contributed by atoms with E-state index < -0.39 is 11.7 Å². The number of nitrogens with one attached hydrogen (secondary N) is 1. The van der Waals surface area contributed by atoms with Crippen molar-refractivity contribution in [3.8, 4) is 0 Å². The number of hydrogen-bond acceptors (Lipinski definition) is 4. The van der Waals surface area contributed by atoms with Gasteiger partial charge >= 0.3 is 6.18 Å². The SMILES string of the molecule is CNC1CCN(c2ncc(C(F)(F)F)cn2)CC1. The molecule has 4 nitrogen and oxygen atoms in total. The van der Waals surface area contributed by atoms with Crippen molar-refractivity contribution in [3.05, 3.63) is 18.0 Å². The number of hydrogen-bond donors (Lipinski definition) is 1.